The summed E-state index contributed by atoms with van der Waals surface area (Å²) in [7, 11) is 0. The van der Waals surface area contributed by atoms with Crippen molar-refractivity contribution in [3.8, 4) is 0 Å². The van der Waals surface area contributed by atoms with E-state index < -0.39 is 5.97 Å². The van der Waals surface area contributed by atoms with Crippen molar-refractivity contribution in [2.24, 2.45) is 0 Å². The van der Waals surface area contributed by atoms with Crippen LogP contribution in [0.25, 0.3) is 0 Å². The highest BCUT2D eigenvalue weighted by Gasteiger charge is 2.31. The third-order valence-corrected chi connectivity index (χ3v) is 4.09. The van der Waals surface area contributed by atoms with E-state index in [2.05, 4.69) is 4.90 Å². The van der Waals surface area contributed by atoms with Crippen molar-refractivity contribution in [3.63, 3.8) is 0 Å². The fourth-order valence-electron chi connectivity index (χ4n) is 3.11. The Labute approximate surface area is 113 Å². The highest BCUT2D eigenvalue weighted by Crippen LogP contribution is 2.35. The van der Waals surface area contributed by atoms with E-state index in [-0.39, 0.29) is 5.92 Å². The average Bonchev–Trinajstić information content (AvgIpc) is 2.91. The van der Waals surface area contributed by atoms with Crippen LogP contribution in [0.5, 0.6) is 0 Å². The summed E-state index contributed by atoms with van der Waals surface area (Å²) in [4.78, 5) is 13.6. The highest BCUT2D eigenvalue weighted by molar-refractivity contribution is 5.80. The molecular weight excluding hydrogens is 242 g/mol. The summed E-state index contributed by atoms with van der Waals surface area (Å²) in [5.74, 6) is -1.08. The van der Waals surface area contributed by atoms with Gasteiger partial charge in [-0.05, 0) is 30.9 Å². The summed E-state index contributed by atoms with van der Waals surface area (Å²) in [6.07, 6.45) is 3.23. The summed E-state index contributed by atoms with van der Waals surface area (Å²) in [5, 5.41) is 9.31. The monoisotopic (exact) mass is 261 g/mol. The number of benzene rings is 1. The van der Waals surface area contributed by atoms with E-state index in [1.165, 1.54) is 0 Å². The summed E-state index contributed by atoms with van der Waals surface area (Å²) in [5.41, 5.74) is 2.01. The number of carboxylic acid groups (broad SMARTS) is 1. The van der Waals surface area contributed by atoms with Crippen molar-refractivity contribution in [1.29, 1.82) is 0 Å². The van der Waals surface area contributed by atoms with Crippen molar-refractivity contribution in [3.05, 3.63) is 29.8 Å². The van der Waals surface area contributed by atoms with Crippen molar-refractivity contribution in [1.82, 2.24) is 0 Å². The van der Waals surface area contributed by atoms with Gasteiger partial charge >= 0.3 is 5.97 Å². The maximum atomic E-state index is 11.3. The minimum absolute atomic E-state index is 0.300. The van der Waals surface area contributed by atoms with Gasteiger partial charge in [0, 0.05) is 25.4 Å². The number of fused-ring (bicyclic) bond motifs is 1. The molecule has 4 nitrogen and oxygen atoms in total. The third-order valence-electron chi connectivity index (χ3n) is 4.09. The molecule has 2 atom stereocenters. The van der Waals surface area contributed by atoms with E-state index in [1.807, 2.05) is 24.3 Å². The molecule has 2 heterocycles. The van der Waals surface area contributed by atoms with Crippen LogP contribution in [0.15, 0.2) is 24.3 Å². The van der Waals surface area contributed by atoms with Gasteiger partial charge in [-0.3, -0.25) is 4.79 Å². The Morgan fingerprint density at radius 2 is 2.21 bits per heavy atom. The van der Waals surface area contributed by atoms with Crippen LogP contribution in [0.2, 0.25) is 0 Å². The Kier molecular flexibility index (Phi) is 3.42. The standard InChI is InChI=1S/C15H19NO3/c17-15(18)13-7-8-16(10-11-4-3-9-19-11)14-6-2-1-5-12(13)14/h1-2,5-6,11,13H,3-4,7-10H2,(H,17,18). The molecule has 1 aromatic carbocycles. The first-order valence-electron chi connectivity index (χ1n) is 6.94. The lowest BCUT2D eigenvalue weighted by molar-refractivity contribution is -0.139. The zero-order chi connectivity index (χ0) is 13.2. The molecule has 19 heavy (non-hydrogen) atoms. The summed E-state index contributed by atoms with van der Waals surface area (Å²) in [6, 6.07) is 7.87. The van der Waals surface area contributed by atoms with Crippen molar-refractivity contribution < 1.29 is 14.6 Å². The molecule has 1 aromatic rings. The predicted octanol–water partition coefficient (Wildman–Crippen LogP) is 2.24. The molecule has 0 aromatic heterocycles. The van der Waals surface area contributed by atoms with Gasteiger partial charge < -0.3 is 14.7 Å². The van der Waals surface area contributed by atoms with Gasteiger partial charge in [0.05, 0.1) is 12.0 Å². The second kappa shape index (κ2) is 5.21. The number of rotatable bonds is 3. The Balaban J connectivity index is 1.83. The Hall–Kier alpha value is -1.55. The van der Waals surface area contributed by atoms with Crippen molar-refractivity contribution >= 4 is 11.7 Å². The van der Waals surface area contributed by atoms with Gasteiger partial charge in [0.25, 0.3) is 0 Å². The maximum absolute atomic E-state index is 11.3. The van der Waals surface area contributed by atoms with Gasteiger partial charge in [-0.25, -0.2) is 0 Å². The summed E-state index contributed by atoms with van der Waals surface area (Å²) < 4.78 is 5.69. The lowest BCUT2D eigenvalue weighted by atomic mass is 9.90. The van der Waals surface area contributed by atoms with Crippen LogP contribution < -0.4 is 4.90 Å². The molecule has 1 fully saturated rings. The number of aliphatic carboxylic acids is 1. The van der Waals surface area contributed by atoms with Crippen LogP contribution in [0.3, 0.4) is 0 Å². The van der Waals surface area contributed by atoms with Crippen LogP contribution in [0.1, 0.15) is 30.7 Å². The molecule has 2 aliphatic heterocycles. The fraction of sp³-hybridized carbons (Fsp3) is 0.533. The molecule has 3 rings (SSSR count). The van der Waals surface area contributed by atoms with Gasteiger partial charge in [0.1, 0.15) is 0 Å². The number of carbonyl (C=O) groups is 1. The lowest BCUT2D eigenvalue weighted by Crippen LogP contribution is -2.38. The minimum Gasteiger partial charge on any atom is -0.481 e. The zero-order valence-electron chi connectivity index (χ0n) is 10.9. The number of anilines is 1. The lowest BCUT2D eigenvalue weighted by Gasteiger charge is -2.35. The van der Waals surface area contributed by atoms with Gasteiger partial charge in [0.2, 0.25) is 0 Å². The van der Waals surface area contributed by atoms with Gasteiger partial charge in [-0.15, -0.1) is 0 Å². The SMILES string of the molecule is O=C(O)C1CCN(CC2CCCO2)c2ccccc21. The Morgan fingerprint density at radius 1 is 1.37 bits per heavy atom. The van der Waals surface area contributed by atoms with E-state index >= 15 is 0 Å². The zero-order valence-corrected chi connectivity index (χ0v) is 10.9. The predicted molar refractivity (Wildman–Crippen MR) is 72.6 cm³/mol. The second-order valence-electron chi connectivity index (χ2n) is 5.32. The average molecular weight is 261 g/mol. The number of hydrogen-bond acceptors (Lipinski definition) is 3. The molecule has 0 amide bonds. The largest absolute Gasteiger partial charge is 0.481 e. The second-order valence-corrected chi connectivity index (χ2v) is 5.32. The van der Waals surface area contributed by atoms with Crippen LogP contribution in [0, 0.1) is 0 Å². The highest BCUT2D eigenvalue weighted by atomic mass is 16.5. The van der Waals surface area contributed by atoms with Crippen LogP contribution >= 0.6 is 0 Å². The quantitative estimate of drug-likeness (QED) is 0.906. The fourth-order valence-corrected chi connectivity index (χ4v) is 3.11. The molecule has 0 bridgehead atoms. The van der Waals surface area contributed by atoms with E-state index in [0.717, 1.165) is 43.8 Å². The molecule has 4 heteroatoms. The van der Waals surface area contributed by atoms with Gasteiger partial charge in [0.15, 0.2) is 0 Å². The minimum atomic E-state index is -0.718. The molecule has 0 aliphatic carbocycles. The Bertz CT molecular complexity index is 468. The summed E-state index contributed by atoms with van der Waals surface area (Å²) in [6.45, 7) is 2.54. The molecule has 0 saturated carbocycles. The normalized spacial score (nSPS) is 26.2. The smallest absolute Gasteiger partial charge is 0.311 e. The van der Waals surface area contributed by atoms with Crippen LogP contribution in [-0.4, -0.2) is 36.9 Å². The third kappa shape index (κ3) is 2.45. The van der Waals surface area contributed by atoms with Crippen LogP contribution in [-0.2, 0) is 9.53 Å². The molecule has 1 saturated heterocycles. The number of hydrogen-bond donors (Lipinski definition) is 1. The molecule has 2 aliphatic rings. The number of para-hydroxylation sites is 1. The van der Waals surface area contributed by atoms with E-state index in [1.54, 1.807) is 0 Å². The first kappa shape index (κ1) is 12.5. The molecule has 2 unspecified atom stereocenters. The maximum Gasteiger partial charge on any atom is 0.311 e. The molecule has 102 valence electrons. The van der Waals surface area contributed by atoms with E-state index in [9.17, 15) is 9.90 Å². The molecule has 0 spiro atoms. The van der Waals surface area contributed by atoms with E-state index in [4.69, 9.17) is 4.74 Å². The summed E-state index contributed by atoms with van der Waals surface area (Å²) >= 11 is 0. The molecule has 0 radical (unpaired) electrons. The first-order valence-corrected chi connectivity index (χ1v) is 6.94. The van der Waals surface area contributed by atoms with Crippen molar-refractivity contribution in [2.45, 2.75) is 31.3 Å². The number of nitrogens with zero attached hydrogens (tertiary/aromatic N) is 1. The topological polar surface area (TPSA) is 49.8 Å². The molecular formula is C15H19NO3. The first-order chi connectivity index (χ1) is 9.25. The van der Waals surface area contributed by atoms with Crippen molar-refractivity contribution in [2.75, 3.05) is 24.6 Å². The van der Waals surface area contributed by atoms with Gasteiger partial charge in [-0.2, -0.15) is 0 Å². The molecule has 1 N–H and O–H groups in total. The van der Waals surface area contributed by atoms with E-state index in [0.29, 0.717) is 12.5 Å². The number of carboxylic acids is 1. The van der Waals surface area contributed by atoms with Gasteiger partial charge in [-0.1, -0.05) is 18.2 Å². The number of ether oxygens (including phenoxy) is 1. The Morgan fingerprint density at radius 3 is 2.95 bits per heavy atom. The van der Waals surface area contributed by atoms with Crippen LogP contribution in [0.4, 0.5) is 5.69 Å².